The monoisotopic (exact) mass is 644 g/mol. The van der Waals surface area contributed by atoms with E-state index >= 15 is 0 Å². The van der Waals surface area contributed by atoms with Gasteiger partial charge in [-0.15, -0.1) is 13.2 Å². The highest BCUT2D eigenvalue weighted by Crippen LogP contribution is 2.46. The summed E-state index contributed by atoms with van der Waals surface area (Å²) in [6.07, 6.45) is 16.9. The summed E-state index contributed by atoms with van der Waals surface area (Å²) < 4.78 is 24.6. The van der Waals surface area contributed by atoms with Crippen LogP contribution in [0.2, 0.25) is 0 Å². The molecule has 0 radical (unpaired) electrons. The van der Waals surface area contributed by atoms with E-state index < -0.39 is 11.7 Å². The van der Waals surface area contributed by atoms with E-state index in [1.54, 1.807) is 12.2 Å². The first-order valence-corrected chi connectivity index (χ1v) is 17.2. The molecule has 0 bridgehead atoms. The summed E-state index contributed by atoms with van der Waals surface area (Å²) in [4.78, 5) is 0. The molecule has 1 aromatic carbocycles. The van der Waals surface area contributed by atoms with E-state index in [1.807, 2.05) is 0 Å². The topological polar surface area (TPSA) is 57.2 Å². The van der Waals surface area contributed by atoms with Crippen molar-refractivity contribution < 1.29 is 24.1 Å². The third kappa shape index (κ3) is 11.3. The molecular weight excluding hydrogens is 584 g/mol. The molecule has 0 heterocycles. The van der Waals surface area contributed by atoms with Crippen LogP contribution in [-0.2, 0) is 18.9 Å². The first-order chi connectivity index (χ1) is 22.3. The molecule has 1 aromatic rings. The van der Waals surface area contributed by atoms with E-state index in [2.05, 4.69) is 135 Å². The Morgan fingerprint density at radius 2 is 1.64 bits per heavy atom. The number of aliphatic hydroxyl groups excluding tert-OH is 1. The van der Waals surface area contributed by atoms with Crippen LogP contribution in [-0.4, -0.2) is 55.9 Å². The lowest BCUT2D eigenvalue weighted by Gasteiger charge is -2.38. The van der Waals surface area contributed by atoms with Crippen molar-refractivity contribution in [3.05, 3.63) is 120 Å². The van der Waals surface area contributed by atoms with Gasteiger partial charge < -0.3 is 24.1 Å². The summed E-state index contributed by atoms with van der Waals surface area (Å²) in [6, 6.07) is 10.6. The Morgan fingerprint density at radius 1 is 0.979 bits per heavy atom. The van der Waals surface area contributed by atoms with Gasteiger partial charge in [0, 0.05) is 23.3 Å². The highest BCUT2D eigenvalue weighted by molar-refractivity contribution is 5.45. The molecule has 1 N–H and O–H groups in total. The zero-order valence-corrected chi connectivity index (χ0v) is 30.2. The van der Waals surface area contributed by atoms with Gasteiger partial charge in [-0.05, 0) is 50.2 Å². The maximum absolute atomic E-state index is 10.5. The zero-order valence-electron chi connectivity index (χ0n) is 30.2. The molecule has 258 valence electrons. The number of aliphatic hydroxyl groups is 1. The number of allylic oxidation sites excluding steroid dienone is 9. The molecule has 0 saturated heterocycles. The molecule has 5 nitrogen and oxygen atoms in total. The van der Waals surface area contributed by atoms with Crippen molar-refractivity contribution in [2.75, 3.05) is 33.0 Å². The van der Waals surface area contributed by atoms with Gasteiger partial charge >= 0.3 is 0 Å². The summed E-state index contributed by atoms with van der Waals surface area (Å²) in [6.45, 7) is 26.9. The molecule has 0 spiro atoms. The molecule has 5 heteroatoms. The quantitative estimate of drug-likeness (QED) is 0.120. The maximum atomic E-state index is 10.5. The fourth-order valence-corrected chi connectivity index (χ4v) is 6.61. The highest BCUT2D eigenvalue weighted by Gasteiger charge is 2.37. The van der Waals surface area contributed by atoms with Crippen LogP contribution in [0.4, 0.5) is 0 Å². The summed E-state index contributed by atoms with van der Waals surface area (Å²) in [5.41, 5.74) is 4.39. The smallest absolute Gasteiger partial charge is 0.120 e. The Kier molecular flexibility index (Phi) is 14.7. The second kappa shape index (κ2) is 18.0. The number of hydrogen-bond acceptors (Lipinski definition) is 5. The van der Waals surface area contributed by atoms with Crippen LogP contribution >= 0.6 is 0 Å². The molecule has 47 heavy (non-hydrogen) atoms. The van der Waals surface area contributed by atoms with Gasteiger partial charge in [-0.1, -0.05) is 119 Å². The Bertz CT molecular complexity index is 1320. The van der Waals surface area contributed by atoms with Crippen molar-refractivity contribution in [1.82, 2.24) is 0 Å². The molecule has 2 aliphatic carbocycles. The van der Waals surface area contributed by atoms with Gasteiger partial charge in [-0.3, -0.25) is 0 Å². The van der Waals surface area contributed by atoms with Crippen LogP contribution in [0.1, 0.15) is 73.3 Å². The Balaban J connectivity index is 1.94. The minimum atomic E-state index is -0.752. The largest absolute Gasteiger partial charge is 0.488 e. The first kappa shape index (κ1) is 38.5. The number of ether oxygens (including phenoxy) is 4. The zero-order chi connectivity index (χ0) is 34.6. The van der Waals surface area contributed by atoms with Crippen molar-refractivity contribution in [3.8, 4) is 0 Å². The standard InChI is InChI=1S/C42H60O5/c1-11-21-44-27-36(43)28-46-37(29-45-22-12-2)25-41(8,9)47-40-26-42(10,34(7)39-24-30(3)23-31(4)32(39)5)20-16-19-38(40)33(6)35-17-14-13-15-18-35/h11-20,23-24,26,30,32-34,36-37,43H,1-2,21-22,25,27-29H2,3-10H3. The van der Waals surface area contributed by atoms with Gasteiger partial charge in [0.05, 0.1) is 39.1 Å². The third-order valence-electron chi connectivity index (χ3n) is 9.54. The highest BCUT2D eigenvalue weighted by atomic mass is 16.5. The fourth-order valence-electron chi connectivity index (χ4n) is 6.61. The molecular formula is C42H60O5. The molecule has 0 fully saturated rings. The van der Waals surface area contributed by atoms with Crippen LogP contribution in [0.3, 0.4) is 0 Å². The van der Waals surface area contributed by atoms with Crippen molar-refractivity contribution in [2.45, 2.75) is 85.5 Å². The van der Waals surface area contributed by atoms with Crippen molar-refractivity contribution in [2.24, 2.45) is 23.2 Å². The van der Waals surface area contributed by atoms with E-state index in [4.69, 9.17) is 18.9 Å². The van der Waals surface area contributed by atoms with Gasteiger partial charge in [0.2, 0.25) is 0 Å². The minimum absolute atomic E-state index is 0.118. The summed E-state index contributed by atoms with van der Waals surface area (Å²) in [5, 5.41) is 10.5. The molecule has 7 atom stereocenters. The van der Waals surface area contributed by atoms with Crippen LogP contribution in [0.15, 0.2) is 115 Å². The molecule has 0 amide bonds. The van der Waals surface area contributed by atoms with Crippen LogP contribution < -0.4 is 0 Å². The van der Waals surface area contributed by atoms with E-state index in [0.29, 0.717) is 38.1 Å². The van der Waals surface area contributed by atoms with E-state index in [9.17, 15) is 5.11 Å². The van der Waals surface area contributed by atoms with Crippen LogP contribution in [0, 0.1) is 23.2 Å². The van der Waals surface area contributed by atoms with E-state index in [-0.39, 0.29) is 36.6 Å². The number of hydrogen-bond donors (Lipinski definition) is 1. The first-order valence-electron chi connectivity index (χ1n) is 17.2. The number of rotatable bonds is 19. The van der Waals surface area contributed by atoms with Gasteiger partial charge in [-0.2, -0.15) is 0 Å². The van der Waals surface area contributed by atoms with Crippen molar-refractivity contribution >= 4 is 0 Å². The van der Waals surface area contributed by atoms with E-state index in [0.717, 1.165) is 11.3 Å². The summed E-state index contributed by atoms with van der Waals surface area (Å²) >= 11 is 0. The maximum Gasteiger partial charge on any atom is 0.120 e. The fraction of sp³-hybridized carbons (Fsp3) is 0.524. The average Bonchev–Trinajstić information content (AvgIpc) is 3.19. The summed E-state index contributed by atoms with van der Waals surface area (Å²) in [5.74, 6) is 2.07. The molecule has 3 rings (SSSR count). The SMILES string of the molecule is C=CCOCC(O)COC(COCC=C)CC(C)(C)OC1=CC(C)(C(C)C2=CC(C)C=C(C)C2C)C=CC=C1C(C)c1ccccc1. The van der Waals surface area contributed by atoms with Crippen molar-refractivity contribution in [1.29, 1.82) is 0 Å². The minimum Gasteiger partial charge on any atom is -0.488 e. The number of benzene rings is 1. The second-order valence-electron chi connectivity index (χ2n) is 14.2. The van der Waals surface area contributed by atoms with Crippen LogP contribution in [0.25, 0.3) is 0 Å². The molecule has 0 saturated carbocycles. The lowest BCUT2D eigenvalue weighted by Crippen LogP contribution is -2.36. The second-order valence-corrected chi connectivity index (χ2v) is 14.2. The molecule has 0 aliphatic heterocycles. The van der Waals surface area contributed by atoms with Gasteiger partial charge in [0.25, 0.3) is 0 Å². The Hall–Kier alpha value is -2.96. The molecule has 7 unspecified atom stereocenters. The lowest BCUT2D eigenvalue weighted by molar-refractivity contribution is -0.0926. The van der Waals surface area contributed by atoms with Crippen LogP contribution in [0.5, 0.6) is 0 Å². The predicted octanol–water partition coefficient (Wildman–Crippen LogP) is 9.31. The van der Waals surface area contributed by atoms with Gasteiger partial charge in [-0.25, -0.2) is 0 Å². The Labute approximate surface area is 285 Å². The molecule has 2 aliphatic rings. The third-order valence-corrected chi connectivity index (χ3v) is 9.54. The van der Waals surface area contributed by atoms with Gasteiger partial charge in [0.1, 0.15) is 17.5 Å². The average molecular weight is 645 g/mol. The predicted molar refractivity (Wildman–Crippen MR) is 195 cm³/mol. The van der Waals surface area contributed by atoms with Crippen molar-refractivity contribution in [3.63, 3.8) is 0 Å². The normalized spacial score (nSPS) is 24.1. The summed E-state index contributed by atoms with van der Waals surface area (Å²) in [7, 11) is 0. The van der Waals surface area contributed by atoms with E-state index in [1.165, 1.54) is 16.7 Å². The lowest BCUT2D eigenvalue weighted by atomic mass is 9.67. The van der Waals surface area contributed by atoms with Gasteiger partial charge in [0.15, 0.2) is 0 Å². The Morgan fingerprint density at radius 3 is 2.30 bits per heavy atom. The molecule has 0 aromatic heterocycles.